The van der Waals surface area contributed by atoms with Gasteiger partial charge in [0, 0.05) is 43.9 Å². The Kier molecular flexibility index (Phi) is 4.57. The Morgan fingerprint density at radius 2 is 2.04 bits per heavy atom. The van der Waals surface area contributed by atoms with E-state index in [2.05, 4.69) is 21.0 Å². The van der Waals surface area contributed by atoms with Crippen LogP contribution in [0.3, 0.4) is 0 Å². The molecule has 1 aromatic carbocycles. The number of aryl methyl sites for hydroxylation is 1. The van der Waals surface area contributed by atoms with Crippen molar-refractivity contribution in [2.45, 2.75) is 13.0 Å². The van der Waals surface area contributed by atoms with Gasteiger partial charge in [-0.3, -0.25) is 10.00 Å². The van der Waals surface area contributed by atoms with Crippen molar-refractivity contribution < 1.29 is 14.3 Å². The number of anilines is 2. The Balaban J connectivity index is 1.73. The van der Waals surface area contributed by atoms with Gasteiger partial charge in [0.25, 0.3) is 0 Å². The summed E-state index contributed by atoms with van der Waals surface area (Å²) in [7, 11) is 4.94. The molecule has 3 N–H and O–H groups in total. The van der Waals surface area contributed by atoms with Crippen molar-refractivity contribution in [1.82, 2.24) is 15.1 Å². The number of methoxy groups -OCH3 is 2. The highest BCUT2D eigenvalue weighted by Crippen LogP contribution is 2.30. The maximum Gasteiger partial charge on any atom is 0.324 e. The van der Waals surface area contributed by atoms with Gasteiger partial charge >= 0.3 is 6.03 Å². The van der Waals surface area contributed by atoms with Crippen molar-refractivity contribution in [1.29, 1.82) is 0 Å². The number of urea groups is 1. The summed E-state index contributed by atoms with van der Waals surface area (Å²) in [6.45, 7) is 1.61. The normalized spacial score (nSPS) is 13.1. The van der Waals surface area contributed by atoms with Gasteiger partial charge in [-0.05, 0) is 12.1 Å². The second kappa shape index (κ2) is 6.79. The van der Waals surface area contributed by atoms with Crippen LogP contribution in [0, 0.1) is 0 Å². The number of nitrogens with one attached hydrogen (secondary N) is 3. The second-order valence-corrected chi connectivity index (χ2v) is 5.47. The molecule has 0 unspecified atom stereocenters. The third-order valence-corrected chi connectivity index (χ3v) is 3.94. The Morgan fingerprint density at radius 3 is 2.79 bits per heavy atom. The molecule has 1 aromatic heterocycles. The van der Waals surface area contributed by atoms with Crippen LogP contribution in [0.25, 0.3) is 0 Å². The predicted molar refractivity (Wildman–Crippen MR) is 90.8 cm³/mol. The number of rotatable bonds is 4. The lowest BCUT2D eigenvalue weighted by Crippen LogP contribution is -2.25. The van der Waals surface area contributed by atoms with Crippen LogP contribution < -0.4 is 25.4 Å². The average molecular weight is 331 g/mol. The molecule has 0 radical (unpaired) electrons. The van der Waals surface area contributed by atoms with Crippen LogP contribution >= 0.6 is 0 Å². The van der Waals surface area contributed by atoms with E-state index in [9.17, 15) is 4.79 Å². The van der Waals surface area contributed by atoms with Crippen molar-refractivity contribution in [3.63, 3.8) is 0 Å². The van der Waals surface area contributed by atoms with Gasteiger partial charge in [-0.25, -0.2) is 4.79 Å². The summed E-state index contributed by atoms with van der Waals surface area (Å²) in [5.41, 5.74) is 2.67. The third-order valence-electron chi connectivity index (χ3n) is 3.94. The molecule has 0 saturated carbocycles. The van der Waals surface area contributed by atoms with Crippen molar-refractivity contribution in [3.8, 4) is 11.5 Å². The Labute approximate surface area is 140 Å². The highest BCUT2D eigenvalue weighted by Gasteiger charge is 2.20. The molecule has 0 saturated heterocycles. The van der Waals surface area contributed by atoms with E-state index in [1.807, 2.05) is 7.05 Å². The average Bonchev–Trinajstić information content (AvgIpc) is 2.90. The highest BCUT2D eigenvalue weighted by molar-refractivity contribution is 6.00. The van der Waals surface area contributed by atoms with E-state index in [1.54, 1.807) is 37.1 Å². The summed E-state index contributed by atoms with van der Waals surface area (Å²) < 4.78 is 12.1. The first kappa shape index (κ1) is 16.1. The van der Waals surface area contributed by atoms with Crippen molar-refractivity contribution in [2.24, 2.45) is 7.05 Å². The molecule has 8 heteroatoms. The van der Waals surface area contributed by atoms with E-state index < -0.39 is 0 Å². The molecule has 0 fully saturated rings. The van der Waals surface area contributed by atoms with Crippen molar-refractivity contribution >= 4 is 17.5 Å². The molecule has 1 aliphatic rings. The molecule has 24 heavy (non-hydrogen) atoms. The fourth-order valence-electron chi connectivity index (χ4n) is 2.77. The monoisotopic (exact) mass is 331 g/mol. The Bertz CT molecular complexity index is 756. The largest absolute Gasteiger partial charge is 0.493 e. The first-order valence-corrected chi connectivity index (χ1v) is 7.68. The fourth-order valence-corrected chi connectivity index (χ4v) is 2.77. The molecular formula is C16H21N5O3. The number of carbonyl (C=O) groups is 1. The van der Waals surface area contributed by atoms with Crippen LogP contribution in [-0.4, -0.2) is 36.6 Å². The van der Waals surface area contributed by atoms with Crippen LogP contribution in [0.1, 0.15) is 11.3 Å². The molecule has 1 aliphatic heterocycles. The van der Waals surface area contributed by atoms with E-state index in [-0.39, 0.29) is 6.03 Å². The van der Waals surface area contributed by atoms with Crippen LogP contribution in [0.15, 0.2) is 18.2 Å². The number of hydrogen-bond acceptors (Lipinski definition) is 5. The molecule has 0 aliphatic carbocycles. The zero-order valence-corrected chi connectivity index (χ0v) is 14.0. The molecule has 2 heterocycles. The molecule has 3 rings (SSSR count). The highest BCUT2D eigenvalue weighted by atomic mass is 16.5. The first-order chi connectivity index (χ1) is 11.6. The number of nitrogens with zero attached hydrogens (tertiary/aromatic N) is 2. The van der Waals surface area contributed by atoms with Crippen LogP contribution in [0.5, 0.6) is 11.5 Å². The summed E-state index contributed by atoms with van der Waals surface area (Å²) in [4.78, 5) is 12.3. The fraction of sp³-hybridized carbons (Fsp3) is 0.375. The zero-order valence-electron chi connectivity index (χ0n) is 14.0. The number of benzene rings is 1. The van der Waals surface area contributed by atoms with Gasteiger partial charge in [-0.15, -0.1) is 0 Å². The lowest BCUT2D eigenvalue weighted by atomic mass is 10.1. The molecule has 2 amide bonds. The number of hydrogen-bond donors (Lipinski definition) is 3. The number of ether oxygens (including phenoxy) is 2. The molecule has 2 aromatic rings. The molecule has 8 nitrogen and oxygen atoms in total. The van der Waals surface area contributed by atoms with Crippen LogP contribution in [-0.2, 0) is 20.0 Å². The minimum absolute atomic E-state index is 0.335. The van der Waals surface area contributed by atoms with Gasteiger partial charge in [0.05, 0.1) is 19.9 Å². The SMILES string of the molecule is COc1ccc(NC(=O)Nc2c3c(nn2C)CCNC3)cc1OC. The maximum absolute atomic E-state index is 12.3. The smallest absolute Gasteiger partial charge is 0.324 e. The Morgan fingerprint density at radius 1 is 1.25 bits per heavy atom. The van der Waals surface area contributed by atoms with Crippen LogP contribution in [0.4, 0.5) is 16.3 Å². The Hall–Kier alpha value is -2.74. The van der Waals surface area contributed by atoms with Crippen molar-refractivity contribution in [2.75, 3.05) is 31.4 Å². The standard InChI is InChI=1S/C16H21N5O3/c1-21-15(11-9-17-7-6-12(11)20-21)19-16(22)18-10-4-5-13(23-2)14(8-10)24-3/h4-5,8,17H,6-7,9H2,1-3H3,(H2,18,19,22). The minimum Gasteiger partial charge on any atom is -0.493 e. The van der Waals surface area contributed by atoms with Gasteiger partial charge in [0.15, 0.2) is 11.5 Å². The second-order valence-electron chi connectivity index (χ2n) is 5.47. The zero-order chi connectivity index (χ0) is 17.1. The molecular weight excluding hydrogens is 310 g/mol. The lowest BCUT2D eigenvalue weighted by Gasteiger charge is -2.14. The summed E-state index contributed by atoms with van der Waals surface area (Å²) in [5.74, 6) is 1.86. The summed E-state index contributed by atoms with van der Waals surface area (Å²) in [6.07, 6.45) is 0.863. The number of amides is 2. The summed E-state index contributed by atoms with van der Waals surface area (Å²) >= 11 is 0. The van der Waals surface area contributed by atoms with Gasteiger partial charge < -0.3 is 20.1 Å². The third kappa shape index (κ3) is 3.13. The molecule has 0 atom stereocenters. The first-order valence-electron chi connectivity index (χ1n) is 7.68. The van der Waals surface area contributed by atoms with E-state index in [0.29, 0.717) is 29.5 Å². The molecule has 128 valence electrons. The van der Waals surface area contributed by atoms with Crippen LogP contribution in [0.2, 0.25) is 0 Å². The number of carbonyl (C=O) groups excluding carboxylic acids is 1. The van der Waals surface area contributed by atoms with Gasteiger partial charge in [-0.2, -0.15) is 5.10 Å². The van der Waals surface area contributed by atoms with E-state index >= 15 is 0 Å². The summed E-state index contributed by atoms with van der Waals surface area (Å²) in [5, 5.41) is 13.4. The minimum atomic E-state index is -0.335. The van der Waals surface area contributed by atoms with Gasteiger partial charge in [-0.1, -0.05) is 0 Å². The summed E-state index contributed by atoms with van der Waals surface area (Å²) in [6, 6.07) is 4.86. The predicted octanol–water partition coefficient (Wildman–Crippen LogP) is 1.73. The lowest BCUT2D eigenvalue weighted by molar-refractivity contribution is 0.262. The molecule has 0 bridgehead atoms. The molecule has 0 spiro atoms. The quantitative estimate of drug-likeness (QED) is 0.794. The number of fused-ring (bicyclic) bond motifs is 1. The maximum atomic E-state index is 12.3. The van der Waals surface area contributed by atoms with Gasteiger partial charge in [0.1, 0.15) is 5.82 Å². The van der Waals surface area contributed by atoms with Gasteiger partial charge in [0.2, 0.25) is 0 Å². The topological polar surface area (TPSA) is 89.4 Å². The van der Waals surface area contributed by atoms with Crippen molar-refractivity contribution in [3.05, 3.63) is 29.5 Å². The van der Waals surface area contributed by atoms with E-state index in [4.69, 9.17) is 9.47 Å². The van der Waals surface area contributed by atoms with E-state index in [0.717, 1.165) is 24.2 Å². The number of aromatic nitrogens is 2. The van der Waals surface area contributed by atoms with E-state index in [1.165, 1.54) is 0 Å².